The van der Waals surface area contributed by atoms with Gasteiger partial charge in [0.25, 0.3) is 0 Å². The number of Topliss-reactive ketones (excluding diaryl/α,β-unsaturated/α-hetero) is 1. The van der Waals surface area contributed by atoms with E-state index in [0.717, 1.165) is 12.8 Å². The van der Waals surface area contributed by atoms with Crippen LogP contribution >= 0.6 is 0 Å². The van der Waals surface area contributed by atoms with Crippen molar-refractivity contribution < 1.29 is 13.2 Å². The quantitative estimate of drug-likeness (QED) is 0.764. The van der Waals surface area contributed by atoms with Crippen molar-refractivity contribution in [3.05, 3.63) is 0 Å². The zero-order chi connectivity index (χ0) is 12.7. The molecule has 1 saturated heterocycles. The third kappa shape index (κ3) is 1.04. The van der Waals surface area contributed by atoms with E-state index >= 15 is 0 Å². The summed E-state index contributed by atoms with van der Waals surface area (Å²) in [6.45, 7) is 5.81. The van der Waals surface area contributed by atoms with Crippen LogP contribution in [0.25, 0.3) is 0 Å². The number of fused-ring (bicyclic) bond motifs is 1. The molecule has 96 valence electrons. The van der Waals surface area contributed by atoms with Crippen LogP contribution < -0.4 is 4.72 Å². The van der Waals surface area contributed by atoms with Crippen molar-refractivity contribution in [2.75, 3.05) is 5.75 Å². The number of carbonyl (C=O) groups excluding carboxylic acids is 1. The molecule has 1 N–H and O–H groups in total. The van der Waals surface area contributed by atoms with Gasteiger partial charge in [0.1, 0.15) is 0 Å². The van der Waals surface area contributed by atoms with Crippen LogP contribution in [-0.2, 0) is 14.8 Å². The smallest absolute Gasteiger partial charge is 0.213 e. The molecule has 3 atom stereocenters. The summed E-state index contributed by atoms with van der Waals surface area (Å²) < 4.78 is 26.6. The molecule has 3 rings (SSSR count). The minimum Gasteiger partial charge on any atom is -0.298 e. The van der Waals surface area contributed by atoms with E-state index in [1.165, 1.54) is 6.92 Å². The largest absolute Gasteiger partial charge is 0.298 e. The minimum absolute atomic E-state index is 0.00569. The van der Waals surface area contributed by atoms with E-state index in [9.17, 15) is 13.2 Å². The van der Waals surface area contributed by atoms with Crippen LogP contribution in [0.1, 0.15) is 40.0 Å². The van der Waals surface area contributed by atoms with Crippen molar-refractivity contribution in [3.63, 3.8) is 0 Å². The first-order valence-electron chi connectivity index (χ1n) is 6.20. The molecule has 4 nitrogen and oxygen atoms in total. The number of nitrogens with one attached hydrogen (secondary N) is 1. The van der Waals surface area contributed by atoms with Crippen LogP contribution in [0.3, 0.4) is 0 Å². The van der Waals surface area contributed by atoms with Gasteiger partial charge in [-0.3, -0.25) is 4.79 Å². The maximum absolute atomic E-state index is 12.1. The summed E-state index contributed by atoms with van der Waals surface area (Å²) in [5.74, 6) is 0.589. The predicted molar refractivity (Wildman–Crippen MR) is 63.9 cm³/mol. The van der Waals surface area contributed by atoms with Gasteiger partial charge in [0, 0.05) is 5.41 Å². The van der Waals surface area contributed by atoms with Crippen molar-refractivity contribution in [1.82, 2.24) is 4.72 Å². The molecule has 0 aromatic rings. The highest BCUT2D eigenvalue weighted by atomic mass is 32.2. The van der Waals surface area contributed by atoms with Gasteiger partial charge < -0.3 is 0 Å². The average molecular weight is 257 g/mol. The molecular formula is C12H19NO3S. The van der Waals surface area contributed by atoms with Gasteiger partial charge in [-0.2, -0.15) is 0 Å². The molecule has 1 aliphatic heterocycles. The summed E-state index contributed by atoms with van der Waals surface area (Å²) in [5.41, 5.74) is -1.25. The fraction of sp³-hybridized carbons (Fsp3) is 0.917. The molecule has 1 spiro atoms. The summed E-state index contributed by atoms with van der Waals surface area (Å²) in [6.07, 6.45) is 2.60. The number of carbonyl (C=O) groups is 1. The summed E-state index contributed by atoms with van der Waals surface area (Å²) in [4.78, 5) is 12.1. The normalized spacial score (nSPS) is 49.2. The third-order valence-electron chi connectivity index (χ3n) is 5.91. The lowest BCUT2D eigenvalue weighted by Crippen LogP contribution is -2.57. The number of rotatable bonds is 1. The van der Waals surface area contributed by atoms with Crippen LogP contribution in [0.2, 0.25) is 0 Å². The monoisotopic (exact) mass is 257 g/mol. The minimum atomic E-state index is -3.29. The highest BCUT2D eigenvalue weighted by Crippen LogP contribution is 2.72. The van der Waals surface area contributed by atoms with Crippen molar-refractivity contribution >= 4 is 15.8 Å². The Morgan fingerprint density at radius 3 is 2.47 bits per heavy atom. The Labute approximate surface area is 102 Å². The molecule has 2 bridgehead atoms. The Morgan fingerprint density at radius 1 is 1.35 bits per heavy atom. The van der Waals surface area contributed by atoms with Crippen molar-refractivity contribution in [1.29, 1.82) is 0 Å². The van der Waals surface area contributed by atoms with Crippen molar-refractivity contribution in [2.24, 2.45) is 16.7 Å². The van der Waals surface area contributed by atoms with E-state index in [0.29, 0.717) is 12.3 Å². The molecule has 17 heavy (non-hydrogen) atoms. The molecule has 1 heterocycles. The summed E-state index contributed by atoms with van der Waals surface area (Å²) >= 11 is 0. The first kappa shape index (κ1) is 11.7. The molecule has 0 radical (unpaired) electrons. The van der Waals surface area contributed by atoms with Crippen molar-refractivity contribution in [2.45, 2.75) is 45.6 Å². The SMILES string of the molecule is CC(=O)[C@@]12CC3CCC1(CS(=O)(=O)N2)C3(C)C. The van der Waals surface area contributed by atoms with Gasteiger partial charge >= 0.3 is 0 Å². The second kappa shape index (κ2) is 2.77. The molecule has 0 aromatic carbocycles. The van der Waals surface area contributed by atoms with E-state index in [2.05, 4.69) is 18.6 Å². The Kier molecular flexibility index (Phi) is 1.90. The highest BCUT2D eigenvalue weighted by Gasteiger charge is 2.77. The van der Waals surface area contributed by atoms with Gasteiger partial charge in [0.15, 0.2) is 5.78 Å². The lowest BCUT2D eigenvalue weighted by Gasteiger charge is -2.42. The molecule has 0 amide bonds. The topological polar surface area (TPSA) is 63.2 Å². The maximum atomic E-state index is 12.1. The molecule has 3 fully saturated rings. The van der Waals surface area contributed by atoms with Crippen LogP contribution in [0.5, 0.6) is 0 Å². The lowest BCUT2D eigenvalue weighted by atomic mass is 9.62. The first-order chi connectivity index (χ1) is 7.67. The number of ketones is 1. The molecular weight excluding hydrogens is 238 g/mol. The van der Waals surface area contributed by atoms with E-state index in [4.69, 9.17) is 0 Å². The number of hydrogen-bond acceptors (Lipinski definition) is 3. The molecule has 0 aromatic heterocycles. The fourth-order valence-electron chi connectivity index (χ4n) is 4.88. The second-order valence-electron chi connectivity index (χ2n) is 6.57. The van der Waals surface area contributed by atoms with Gasteiger partial charge in [0.05, 0.1) is 11.3 Å². The Balaban J connectivity index is 2.26. The zero-order valence-corrected chi connectivity index (χ0v) is 11.4. The lowest BCUT2D eigenvalue weighted by molar-refractivity contribution is -0.127. The van der Waals surface area contributed by atoms with E-state index < -0.39 is 15.6 Å². The third-order valence-corrected chi connectivity index (χ3v) is 7.44. The summed E-state index contributed by atoms with van der Waals surface area (Å²) in [7, 11) is -3.29. The van der Waals surface area contributed by atoms with Gasteiger partial charge in [-0.15, -0.1) is 0 Å². The van der Waals surface area contributed by atoms with Crippen LogP contribution in [-0.4, -0.2) is 25.5 Å². The van der Waals surface area contributed by atoms with Crippen molar-refractivity contribution in [3.8, 4) is 0 Å². The van der Waals surface area contributed by atoms with E-state index in [-0.39, 0.29) is 22.4 Å². The van der Waals surface area contributed by atoms with Crippen LogP contribution in [0.15, 0.2) is 0 Å². The van der Waals surface area contributed by atoms with Crippen LogP contribution in [0.4, 0.5) is 0 Å². The summed E-state index contributed by atoms with van der Waals surface area (Å²) in [6, 6.07) is 0. The Bertz CT molecular complexity index is 510. The second-order valence-corrected chi connectivity index (χ2v) is 8.29. The van der Waals surface area contributed by atoms with Gasteiger partial charge in [-0.1, -0.05) is 13.8 Å². The number of sulfonamides is 1. The summed E-state index contributed by atoms with van der Waals surface area (Å²) in [5, 5.41) is 0. The van der Waals surface area contributed by atoms with Crippen LogP contribution in [0, 0.1) is 16.7 Å². The maximum Gasteiger partial charge on any atom is 0.213 e. The predicted octanol–water partition coefficient (Wildman–Crippen LogP) is 1.07. The zero-order valence-electron chi connectivity index (χ0n) is 10.5. The molecule has 2 aliphatic carbocycles. The first-order valence-corrected chi connectivity index (χ1v) is 7.85. The van der Waals surface area contributed by atoms with E-state index in [1.807, 2.05) is 0 Å². The van der Waals surface area contributed by atoms with Gasteiger partial charge in [-0.05, 0) is 37.5 Å². The number of hydrogen-bond donors (Lipinski definition) is 1. The molecule has 3 aliphatic rings. The highest BCUT2D eigenvalue weighted by molar-refractivity contribution is 7.89. The molecule has 2 unspecified atom stereocenters. The van der Waals surface area contributed by atoms with Gasteiger partial charge in [0.2, 0.25) is 10.0 Å². The van der Waals surface area contributed by atoms with E-state index in [1.54, 1.807) is 0 Å². The fourth-order valence-corrected chi connectivity index (χ4v) is 7.32. The molecule has 5 heteroatoms. The standard InChI is InChI=1S/C12H19NO3S/c1-8(14)12-6-9-4-5-11(12,10(9,2)3)7-17(15,16)13-12/h9,13H,4-7H2,1-3H3/t9?,11?,12-/m0/s1. The Hall–Kier alpha value is -0.420. The Morgan fingerprint density at radius 2 is 2.00 bits per heavy atom. The average Bonchev–Trinajstić information content (AvgIpc) is 2.62. The van der Waals surface area contributed by atoms with Gasteiger partial charge in [-0.25, -0.2) is 13.1 Å². The molecule has 2 saturated carbocycles.